The van der Waals surface area contributed by atoms with Crippen LogP contribution < -0.4 is 14.8 Å². The Kier molecular flexibility index (Phi) is 9.61. The number of guanidine groups is 1. The summed E-state index contributed by atoms with van der Waals surface area (Å²) in [5.41, 5.74) is 1.08. The predicted octanol–water partition coefficient (Wildman–Crippen LogP) is 3.12. The molecule has 1 N–H and O–H groups in total. The molecule has 0 unspecified atom stereocenters. The lowest BCUT2D eigenvalue weighted by Crippen LogP contribution is -2.47. The fraction of sp³-hybridized carbons (Fsp3) is 0.600. The van der Waals surface area contributed by atoms with Gasteiger partial charge in [-0.15, -0.1) is 24.0 Å². The SMILES string of the molecule is CCOC(=O)C1CCN(C(=NC)NCCc2cc(Cl)c3c(c2)OCCO3)CC1.I. The lowest BCUT2D eigenvalue weighted by molar-refractivity contribution is -0.149. The van der Waals surface area contributed by atoms with E-state index in [0.717, 1.165) is 50.4 Å². The number of carbonyl (C=O) groups is 1. The number of esters is 1. The Labute approximate surface area is 194 Å². The van der Waals surface area contributed by atoms with Gasteiger partial charge in [0, 0.05) is 26.7 Å². The van der Waals surface area contributed by atoms with Gasteiger partial charge in [-0.25, -0.2) is 0 Å². The second kappa shape index (κ2) is 11.7. The minimum absolute atomic E-state index is 0. The van der Waals surface area contributed by atoms with E-state index in [2.05, 4.69) is 15.2 Å². The molecule has 0 amide bonds. The van der Waals surface area contributed by atoms with Crippen LogP contribution in [0.2, 0.25) is 5.02 Å². The normalized spacial score (nSPS) is 16.8. The number of likely N-dealkylation sites (tertiary alicyclic amines) is 1. The summed E-state index contributed by atoms with van der Waals surface area (Å²) in [4.78, 5) is 18.5. The number of nitrogens with zero attached hydrogens (tertiary/aromatic N) is 2. The standard InChI is InChI=1S/C20H28ClN3O4.HI/c1-3-26-19(25)15-5-8-24(9-6-15)20(22-2)23-7-4-14-12-16(21)18-17(13-14)27-10-11-28-18;/h12-13,15H,3-11H2,1-2H3,(H,22,23);1H. The Morgan fingerprint density at radius 3 is 2.72 bits per heavy atom. The Balaban J connectivity index is 0.00000300. The molecule has 2 aliphatic rings. The molecule has 1 aromatic rings. The molecule has 0 bridgehead atoms. The van der Waals surface area contributed by atoms with E-state index in [1.165, 1.54) is 0 Å². The quantitative estimate of drug-likeness (QED) is 0.269. The molecule has 2 heterocycles. The van der Waals surface area contributed by atoms with Crippen molar-refractivity contribution in [3.05, 3.63) is 22.7 Å². The maximum atomic E-state index is 11.9. The molecular weight excluding hydrogens is 509 g/mol. The van der Waals surface area contributed by atoms with Crippen molar-refractivity contribution in [2.45, 2.75) is 26.2 Å². The van der Waals surface area contributed by atoms with Gasteiger partial charge in [0.2, 0.25) is 0 Å². The van der Waals surface area contributed by atoms with Crippen LogP contribution >= 0.6 is 35.6 Å². The number of ether oxygens (including phenoxy) is 3. The molecule has 0 aliphatic carbocycles. The maximum absolute atomic E-state index is 11.9. The number of piperidine rings is 1. The van der Waals surface area contributed by atoms with Crippen molar-refractivity contribution < 1.29 is 19.0 Å². The number of carbonyl (C=O) groups excluding carboxylic acids is 1. The first-order valence-corrected chi connectivity index (χ1v) is 10.2. The molecule has 3 rings (SSSR count). The van der Waals surface area contributed by atoms with Gasteiger partial charge in [0.25, 0.3) is 0 Å². The van der Waals surface area contributed by atoms with Gasteiger partial charge in [0.1, 0.15) is 13.2 Å². The van der Waals surface area contributed by atoms with Crippen LogP contribution in [0.25, 0.3) is 0 Å². The smallest absolute Gasteiger partial charge is 0.309 e. The van der Waals surface area contributed by atoms with Gasteiger partial charge in [0.05, 0.1) is 17.5 Å². The van der Waals surface area contributed by atoms with Gasteiger partial charge in [-0.3, -0.25) is 9.79 Å². The summed E-state index contributed by atoms with van der Waals surface area (Å²) in [6.07, 6.45) is 2.36. The number of aliphatic imine (C=N–C) groups is 1. The molecule has 9 heteroatoms. The summed E-state index contributed by atoms with van der Waals surface area (Å²) in [7, 11) is 1.78. The van der Waals surface area contributed by atoms with Gasteiger partial charge < -0.3 is 24.4 Å². The highest BCUT2D eigenvalue weighted by atomic mass is 127. The number of fused-ring (bicyclic) bond motifs is 1. The summed E-state index contributed by atoms with van der Waals surface area (Å²) in [5.74, 6) is 2.10. The molecule has 0 atom stereocenters. The summed E-state index contributed by atoms with van der Waals surface area (Å²) < 4.78 is 16.3. The van der Waals surface area contributed by atoms with E-state index in [4.69, 9.17) is 25.8 Å². The number of hydrogen-bond acceptors (Lipinski definition) is 5. The van der Waals surface area contributed by atoms with Crippen molar-refractivity contribution >= 4 is 47.5 Å². The molecular formula is C20H29ClIN3O4. The number of hydrogen-bond donors (Lipinski definition) is 1. The van der Waals surface area contributed by atoms with E-state index >= 15 is 0 Å². The van der Waals surface area contributed by atoms with Crippen molar-refractivity contribution in [2.75, 3.05) is 46.5 Å². The Hall–Kier alpha value is -1.42. The molecule has 7 nitrogen and oxygen atoms in total. The van der Waals surface area contributed by atoms with Crippen molar-refractivity contribution in [3.63, 3.8) is 0 Å². The average molecular weight is 538 g/mol. The summed E-state index contributed by atoms with van der Waals surface area (Å²) in [6, 6.07) is 3.90. The van der Waals surface area contributed by atoms with Gasteiger partial charge in [-0.05, 0) is 43.9 Å². The minimum Gasteiger partial charge on any atom is -0.486 e. The zero-order valence-corrected chi connectivity index (χ0v) is 20.0. The number of nitrogens with one attached hydrogen (secondary N) is 1. The highest BCUT2D eigenvalue weighted by Gasteiger charge is 2.27. The molecule has 0 radical (unpaired) electrons. The zero-order chi connectivity index (χ0) is 19.9. The zero-order valence-electron chi connectivity index (χ0n) is 16.9. The highest BCUT2D eigenvalue weighted by molar-refractivity contribution is 14.0. The van der Waals surface area contributed by atoms with Crippen LogP contribution in [0.3, 0.4) is 0 Å². The van der Waals surface area contributed by atoms with Crippen LogP contribution in [-0.2, 0) is 16.0 Å². The largest absolute Gasteiger partial charge is 0.486 e. The van der Waals surface area contributed by atoms with E-state index in [1.807, 2.05) is 19.1 Å². The molecule has 1 saturated heterocycles. The fourth-order valence-corrected chi connectivity index (χ4v) is 3.83. The van der Waals surface area contributed by atoms with Gasteiger partial charge in [-0.1, -0.05) is 11.6 Å². The third kappa shape index (κ3) is 6.28. The fourth-order valence-electron chi connectivity index (χ4n) is 3.55. The predicted molar refractivity (Wildman–Crippen MR) is 124 cm³/mol. The molecule has 0 spiro atoms. The number of benzene rings is 1. The van der Waals surface area contributed by atoms with Crippen molar-refractivity contribution in [1.82, 2.24) is 10.2 Å². The van der Waals surface area contributed by atoms with Gasteiger partial charge in [0.15, 0.2) is 17.5 Å². The second-order valence-corrected chi connectivity index (χ2v) is 7.25. The van der Waals surface area contributed by atoms with E-state index in [0.29, 0.717) is 36.3 Å². The van der Waals surface area contributed by atoms with E-state index in [1.54, 1.807) is 7.05 Å². The van der Waals surface area contributed by atoms with Crippen LogP contribution in [0, 0.1) is 5.92 Å². The van der Waals surface area contributed by atoms with Crippen LogP contribution in [0.4, 0.5) is 0 Å². The summed E-state index contributed by atoms with van der Waals surface area (Å²) in [5, 5.41) is 3.98. The topological polar surface area (TPSA) is 72.4 Å². The molecule has 0 aromatic heterocycles. The molecule has 29 heavy (non-hydrogen) atoms. The minimum atomic E-state index is -0.0828. The van der Waals surface area contributed by atoms with Gasteiger partial charge in [-0.2, -0.15) is 0 Å². The molecule has 1 aromatic carbocycles. The van der Waals surface area contributed by atoms with Crippen LogP contribution in [-0.4, -0.2) is 63.3 Å². The maximum Gasteiger partial charge on any atom is 0.309 e. The first-order chi connectivity index (χ1) is 13.6. The molecule has 2 aliphatic heterocycles. The summed E-state index contributed by atoms with van der Waals surface area (Å²) >= 11 is 6.30. The number of halogens is 2. The Bertz CT molecular complexity index is 724. The third-order valence-electron chi connectivity index (χ3n) is 4.98. The van der Waals surface area contributed by atoms with E-state index in [-0.39, 0.29) is 35.9 Å². The first-order valence-electron chi connectivity index (χ1n) is 9.82. The monoisotopic (exact) mass is 537 g/mol. The van der Waals surface area contributed by atoms with E-state index < -0.39 is 0 Å². The third-order valence-corrected chi connectivity index (χ3v) is 5.26. The van der Waals surface area contributed by atoms with E-state index in [9.17, 15) is 4.79 Å². The van der Waals surface area contributed by atoms with Crippen molar-refractivity contribution in [1.29, 1.82) is 0 Å². The second-order valence-electron chi connectivity index (χ2n) is 6.84. The lowest BCUT2D eigenvalue weighted by atomic mass is 9.97. The van der Waals surface area contributed by atoms with Crippen LogP contribution in [0.15, 0.2) is 17.1 Å². The van der Waals surface area contributed by atoms with Crippen LogP contribution in [0.5, 0.6) is 11.5 Å². The summed E-state index contributed by atoms with van der Waals surface area (Å²) in [6.45, 7) is 5.65. The molecule has 1 fully saturated rings. The van der Waals surface area contributed by atoms with Crippen LogP contribution in [0.1, 0.15) is 25.3 Å². The van der Waals surface area contributed by atoms with Crippen molar-refractivity contribution in [2.24, 2.45) is 10.9 Å². The van der Waals surface area contributed by atoms with Crippen molar-refractivity contribution in [3.8, 4) is 11.5 Å². The Morgan fingerprint density at radius 1 is 1.31 bits per heavy atom. The molecule has 162 valence electrons. The van der Waals surface area contributed by atoms with Gasteiger partial charge >= 0.3 is 5.97 Å². The molecule has 0 saturated carbocycles. The number of rotatable bonds is 5. The highest BCUT2D eigenvalue weighted by Crippen LogP contribution is 2.38. The lowest BCUT2D eigenvalue weighted by Gasteiger charge is -2.33. The average Bonchev–Trinajstić information content (AvgIpc) is 2.72. The Morgan fingerprint density at radius 2 is 2.03 bits per heavy atom. The first kappa shape index (κ1) is 23.9.